The van der Waals surface area contributed by atoms with Crippen LogP contribution in [0.3, 0.4) is 0 Å². The third-order valence-electron chi connectivity index (χ3n) is 5.19. The molecule has 9 heteroatoms. The predicted molar refractivity (Wildman–Crippen MR) is 119 cm³/mol. The number of amides is 3. The second-order valence-corrected chi connectivity index (χ2v) is 7.44. The lowest BCUT2D eigenvalue weighted by Crippen LogP contribution is -2.29. The Labute approximate surface area is 184 Å². The minimum Gasteiger partial charge on any atom is -0.448 e. The number of aryl methyl sites for hydroxylation is 1. The molecule has 2 aromatic carbocycles. The second-order valence-electron chi connectivity index (χ2n) is 7.44. The van der Waals surface area contributed by atoms with Gasteiger partial charge in [-0.2, -0.15) is 5.10 Å². The topological polar surface area (TPSA) is 116 Å². The highest BCUT2D eigenvalue weighted by Gasteiger charge is 2.21. The van der Waals surface area contributed by atoms with Crippen LogP contribution in [0.15, 0.2) is 54.6 Å². The van der Waals surface area contributed by atoms with Crippen molar-refractivity contribution in [2.75, 3.05) is 30.3 Å². The molecule has 2 heterocycles. The summed E-state index contributed by atoms with van der Waals surface area (Å²) >= 11 is 0. The van der Waals surface area contributed by atoms with Crippen LogP contribution in [0.4, 0.5) is 16.3 Å². The number of aromatic nitrogens is 2. The van der Waals surface area contributed by atoms with Gasteiger partial charge in [0.25, 0.3) is 0 Å². The largest absolute Gasteiger partial charge is 0.448 e. The molecule has 0 saturated carbocycles. The highest BCUT2D eigenvalue weighted by atomic mass is 16.6. The van der Waals surface area contributed by atoms with Crippen molar-refractivity contribution in [2.45, 2.75) is 13.3 Å². The molecule has 3 N–H and O–H groups in total. The van der Waals surface area contributed by atoms with Gasteiger partial charge < -0.3 is 20.3 Å². The molecular weight excluding hydrogens is 410 g/mol. The molecule has 164 valence electrons. The first-order valence-electron chi connectivity index (χ1n) is 10.2. The van der Waals surface area contributed by atoms with Crippen LogP contribution >= 0.6 is 0 Å². The molecule has 1 aliphatic rings. The number of carbonyl (C=O) groups is 3. The molecule has 4 rings (SSSR count). The first-order valence-corrected chi connectivity index (χ1v) is 10.2. The number of H-pyrrole nitrogens is 1. The molecule has 0 radical (unpaired) electrons. The maximum atomic E-state index is 12.3. The zero-order chi connectivity index (χ0) is 22.5. The molecule has 0 aliphatic carbocycles. The number of nitrogens with one attached hydrogen (secondary N) is 3. The number of hydrogen-bond acceptors (Lipinski definition) is 5. The van der Waals surface area contributed by atoms with E-state index in [9.17, 15) is 14.4 Å². The Balaban J connectivity index is 1.29. The van der Waals surface area contributed by atoms with Crippen LogP contribution in [-0.4, -0.2) is 52.7 Å². The first-order chi connectivity index (χ1) is 15.5. The van der Waals surface area contributed by atoms with Crippen LogP contribution in [0, 0.1) is 6.92 Å². The number of benzene rings is 2. The van der Waals surface area contributed by atoms with E-state index in [0.717, 1.165) is 22.4 Å². The molecule has 1 aromatic heterocycles. The van der Waals surface area contributed by atoms with Gasteiger partial charge in [-0.25, -0.2) is 4.79 Å². The summed E-state index contributed by atoms with van der Waals surface area (Å²) in [4.78, 5) is 37.6. The van der Waals surface area contributed by atoms with Crippen molar-refractivity contribution >= 4 is 29.4 Å². The van der Waals surface area contributed by atoms with Gasteiger partial charge in [-0.05, 0) is 36.6 Å². The predicted octanol–water partition coefficient (Wildman–Crippen LogP) is 2.96. The number of hydrogen-bond donors (Lipinski definition) is 3. The Morgan fingerprint density at radius 2 is 1.84 bits per heavy atom. The Hall–Kier alpha value is -4.14. The fourth-order valence-electron chi connectivity index (χ4n) is 3.41. The van der Waals surface area contributed by atoms with E-state index in [1.807, 2.05) is 43.3 Å². The summed E-state index contributed by atoms with van der Waals surface area (Å²) in [5.41, 5.74) is 4.28. The van der Waals surface area contributed by atoms with E-state index in [0.29, 0.717) is 31.8 Å². The summed E-state index contributed by atoms with van der Waals surface area (Å²) in [6, 6.07) is 16.6. The van der Waals surface area contributed by atoms with Gasteiger partial charge in [-0.3, -0.25) is 14.7 Å². The fraction of sp³-hybridized carbons (Fsp3) is 0.217. The summed E-state index contributed by atoms with van der Waals surface area (Å²) in [5.74, 6) is -1.35. The van der Waals surface area contributed by atoms with Crippen molar-refractivity contribution in [1.82, 2.24) is 15.1 Å². The minimum atomic E-state index is -0.815. The monoisotopic (exact) mass is 433 g/mol. The lowest BCUT2D eigenvalue weighted by Gasteiger charge is -2.12. The van der Waals surface area contributed by atoms with Crippen LogP contribution in [0.5, 0.6) is 0 Å². The fourth-order valence-corrected chi connectivity index (χ4v) is 3.41. The number of rotatable bonds is 6. The van der Waals surface area contributed by atoms with Crippen LogP contribution in [-0.2, 0) is 20.7 Å². The third kappa shape index (κ3) is 4.94. The van der Waals surface area contributed by atoms with Crippen molar-refractivity contribution < 1.29 is 19.1 Å². The SMILES string of the molecule is Cc1ccccc1-c1cc(NC(=O)C(=O)Nc2ccc(CCN3CCOC3=O)cc2)n[nH]1. The second kappa shape index (κ2) is 9.34. The van der Waals surface area contributed by atoms with Crippen LogP contribution in [0.1, 0.15) is 11.1 Å². The van der Waals surface area contributed by atoms with Gasteiger partial charge in [0.15, 0.2) is 5.82 Å². The molecule has 3 aromatic rings. The smallest absolute Gasteiger partial charge is 0.409 e. The maximum absolute atomic E-state index is 12.3. The number of cyclic esters (lactones) is 1. The van der Waals surface area contributed by atoms with Crippen molar-refractivity contribution in [2.24, 2.45) is 0 Å². The molecule has 9 nitrogen and oxygen atoms in total. The van der Waals surface area contributed by atoms with E-state index in [1.54, 1.807) is 23.1 Å². The molecule has 0 spiro atoms. The Bertz CT molecular complexity index is 1140. The number of carbonyl (C=O) groups excluding carboxylic acids is 3. The average Bonchev–Trinajstić information content (AvgIpc) is 3.42. The Morgan fingerprint density at radius 3 is 2.56 bits per heavy atom. The summed E-state index contributed by atoms with van der Waals surface area (Å²) in [6.45, 7) is 3.58. The van der Waals surface area contributed by atoms with Gasteiger partial charge in [0.05, 0.1) is 12.2 Å². The van der Waals surface area contributed by atoms with Crippen LogP contribution in [0.2, 0.25) is 0 Å². The zero-order valence-electron chi connectivity index (χ0n) is 17.6. The van der Waals surface area contributed by atoms with Crippen LogP contribution < -0.4 is 10.6 Å². The van der Waals surface area contributed by atoms with E-state index in [4.69, 9.17) is 4.74 Å². The lowest BCUT2D eigenvalue weighted by molar-refractivity contribution is -0.133. The quantitative estimate of drug-likeness (QED) is 0.517. The van der Waals surface area contributed by atoms with E-state index >= 15 is 0 Å². The highest BCUT2D eigenvalue weighted by molar-refractivity contribution is 6.43. The van der Waals surface area contributed by atoms with E-state index in [-0.39, 0.29) is 11.9 Å². The lowest BCUT2D eigenvalue weighted by atomic mass is 10.1. The minimum absolute atomic E-state index is 0.263. The molecule has 0 unspecified atom stereocenters. The molecule has 3 amide bonds. The number of anilines is 2. The van der Waals surface area contributed by atoms with E-state index < -0.39 is 11.8 Å². The standard InChI is InChI=1S/C23H23N5O4/c1-15-4-2-3-5-18(15)19-14-20(27-26-19)25-22(30)21(29)24-17-8-6-16(7-9-17)10-11-28-12-13-32-23(28)31/h2-9,14H,10-13H2,1H3,(H,24,29)(H2,25,26,27,30). The molecular formula is C23H23N5O4. The summed E-state index contributed by atoms with van der Waals surface area (Å²) in [5, 5.41) is 12.0. The van der Waals surface area contributed by atoms with Crippen LogP contribution in [0.25, 0.3) is 11.3 Å². The van der Waals surface area contributed by atoms with Gasteiger partial charge >= 0.3 is 17.9 Å². The third-order valence-corrected chi connectivity index (χ3v) is 5.19. The maximum Gasteiger partial charge on any atom is 0.409 e. The van der Waals surface area contributed by atoms with Gasteiger partial charge in [0.1, 0.15) is 6.61 Å². The first kappa shape index (κ1) is 21.1. The van der Waals surface area contributed by atoms with Crippen molar-refractivity contribution in [3.8, 4) is 11.3 Å². The highest BCUT2D eigenvalue weighted by Crippen LogP contribution is 2.23. The van der Waals surface area contributed by atoms with Crippen molar-refractivity contribution in [3.63, 3.8) is 0 Å². The van der Waals surface area contributed by atoms with Gasteiger partial charge in [0.2, 0.25) is 0 Å². The molecule has 32 heavy (non-hydrogen) atoms. The average molecular weight is 433 g/mol. The zero-order valence-corrected chi connectivity index (χ0v) is 17.6. The molecule has 1 fully saturated rings. The summed E-state index contributed by atoms with van der Waals surface area (Å²) in [6.07, 6.45) is 0.384. The molecule has 1 saturated heterocycles. The Kier molecular flexibility index (Phi) is 6.16. The molecule has 1 aliphatic heterocycles. The number of aromatic amines is 1. The van der Waals surface area contributed by atoms with Crippen molar-refractivity contribution in [3.05, 3.63) is 65.7 Å². The number of ether oxygens (including phenoxy) is 1. The van der Waals surface area contributed by atoms with Gasteiger partial charge in [-0.15, -0.1) is 0 Å². The summed E-state index contributed by atoms with van der Waals surface area (Å²) < 4.78 is 4.91. The van der Waals surface area contributed by atoms with Gasteiger partial charge in [0, 0.05) is 23.9 Å². The van der Waals surface area contributed by atoms with Gasteiger partial charge in [-0.1, -0.05) is 36.4 Å². The van der Waals surface area contributed by atoms with Crippen molar-refractivity contribution in [1.29, 1.82) is 0 Å². The number of nitrogens with zero attached hydrogens (tertiary/aromatic N) is 2. The Morgan fingerprint density at radius 1 is 1.09 bits per heavy atom. The van der Waals surface area contributed by atoms with E-state index in [1.165, 1.54) is 0 Å². The van der Waals surface area contributed by atoms with E-state index in [2.05, 4.69) is 20.8 Å². The molecule has 0 bridgehead atoms. The normalized spacial score (nSPS) is 13.0. The molecule has 0 atom stereocenters. The summed E-state index contributed by atoms with van der Waals surface area (Å²) in [7, 11) is 0.